The minimum atomic E-state index is -0.131. The fourth-order valence-corrected chi connectivity index (χ4v) is 4.47. The number of thiophene rings is 1. The first-order valence-corrected chi connectivity index (χ1v) is 10.2. The Morgan fingerprint density at radius 3 is 2.54 bits per heavy atom. The predicted octanol–water partition coefficient (Wildman–Crippen LogP) is 3.93. The number of carbonyl (C=O) groups is 2. The normalized spacial score (nSPS) is 16.7. The van der Waals surface area contributed by atoms with Crippen LogP contribution in [0.2, 0.25) is 0 Å². The molecule has 0 spiro atoms. The number of nitrogens with one attached hydrogen (secondary N) is 1. The van der Waals surface area contributed by atoms with Gasteiger partial charge in [0, 0.05) is 35.1 Å². The number of nitrogens with zero attached hydrogens (tertiary/aromatic N) is 2. The van der Waals surface area contributed by atoms with Crippen LogP contribution in [0.4, 0.5) is 5.69 Å². The molecule has 5 nitrogen and oxygen atoms in total. The topological polar surface area (TPSA) is 52.6 Å². The van der Waals surface area contributed by atoms with Gasteiger partial charge in [-0.05, 0) is 62.3 Å². The van der Waals surface area contributed by atoms with Crippen LogP contribution in [-0.2, 0) is 0 Å². The van der Waals surface area contributed by atoms with Crippen molar-refractivity contribution in [3.63, 3.8) is 0 Å². The quantitative estimate of drug-likeness (QED) is 0.731. The van der Waals surface area contributed by atoms with Crippen LogP contribution >= 0.6 is 11.3 Å². The summed E-state index contributed by atoms with van der Waals surface area (Å²) in [4.78, 5) is 30.0. The molecule has 3 aromatic rings. The highest BCUT2D eigenvalue weighted by Gasteiger charge is 2.28. The minimum Gasteiger partial charge on any atom is -0.337 e. The van der Waals surface area contributed by atoms with Gasteiger partial charge in [-0.15, -0.1) is 11.3 Å². The zero-order chi connectivity index (χ0) is 19.7. The Hall–Kier alpha value is -2.70. The summed E-state index contributed by atoms with van der Waals surface area (Å²) in [5.41, 5.74) is 1.34. The molecule has 1 aromatic heterocycles. The summed E-state index contributed by atoms with van der Waals surface area (Å²) in [6.45, 7) is 1.54. The number of hydrogen-bond donors (Lipinski definition) is 1. The van der Waals surface area contributed by atoms with Crippen molar-refractivity contribution >= 4 is 38.9 Å². The Kier molecular flexibility index (Phi) is 5.15. The van der Waals surface area contributed by atoms with E-state index in [0.717, 1.165) is 29.6 Å². The SMILES string of the molecule is CN(C)C1CCN(C(=O)c2ccc(NC(=O)c3cc4ccccc4s3)cc2)C1. The fourth-order valence-electron chi connectivity index (χ4n) is 3.51. The average molecular weight is 394 g/mol. The van der Waals surface area contributed by atoms with E-state index in [0.29, 0.717) is 22.2 Å². The molecule has 1 fully saturated rings. The van der Waals surface area contributed by atoms with Gasteiger partial charge in [-0.3, -0.25) is 9.59 Å². The predicted molar refractivity (Wildman–Crippen MR) is 114 cm³/mol. The van der Waals surface area contributed by atoms with E-state index in [9.17, 15) is 9.59 Å². The summed E-state index contributed by atoms with van der Waals surface area (Å²) in [6.07, 6.45) is 1.00. The highest BCUT2D eigenvalue weighted by Crippen LogP contribution is 2.26. The Labute approximate surface area is 168 Å². The highest BCUT2D eigenvalue weighted by atomic mass is 32.1. The van der Waals surface area contributed by atoms with Crippen LogP contribution in [0.1, 0.15) is 26.5 Å². The number of rotatable bonds is 4. The Balaban J connectivity index is 1.41. The molecule has 6 heteroatoms. The molecule has 4 rings (SSSR count). The summed E-state index contributed by atoms with van der Waals surface area (Å²) < 4.78 is 1.09. The van der Waals surface area contributed by atoms with Crippen LogP contribution in [0, 0.1) is 0 Å². The molecular formula is C22H23N3O2S. The average Bonchev–Trinajstić information content (AvgIpc) is 3.35. The van der Waals surface area contributed by atoms with Gasteiger partial charge in [0.25, 0.3) is 11.8 Å². The highest BCUT2D eigenvalue weighted by molar-refractivity contribution is 7.20. The molecule has 0 bridgehead atoms. The monoisotopic (exact) mass is 393 g/mol. The number of anilines is 1. The molecule has 2 amide bonds. The van der Waals surface area contributed by atoms with Crippen molar-refractivity contribution < 1.29 is 9.59 Å². The zero-order valence-electron chi connectivity index (χ0n) is 16.0. The largest absolute Gasteiger partial charge is 0.337 e. The molecule has 144 valence electrons. The summed E-state index contributed by atoms with van der Waals surface area (Å²) in [7, 11) is 4.10. The van der Waals surface area contributed by atoms with E-state index in [1.165, 1.54) is 11.3 Å². The van der Waals surface area contributed by atoms with Crippen LogP contribution in [0.25, 0.3) is 10.1 Å². The van der Waals surface area contributed by atoms with E-state index in [1.807, 2.05) is 49.3 Å². The number of fused-ring (bicyclic) bond motifs is 1. The number of likely N-dealkylation sites (tertiary alicyclic amines) is 1. The third-order valence-corrected chi connectivity index (χ3v) is 6.33. The van der Waals surface area contributed by atoms with E-state index < -0.39 is 0 Å². The lowest BCUT2D eigenvalue weighted by Crippen LogP contribution is -2.34. The first kappa shape index (κ1) is 18.7. The van der Waals surface area contributed by atoms with Crippen molar-refractivity contribution in [3.8, 4) is 0 Å². The van der Waals surface area contributed by atoms with Gasteiger partial charge in [-0.25, -0.2) is 0 Å². The smallest absolute Gasteiger partial charge is 0.265 e. The second-order valence-electron chi connectivity index (χ2n) is 7.34. The van der Waals surface area contributed by atoms with E-state index in [2.05, 4.69) is 10.2 Å². The maximum atomic E-state index is 12.7. The fraction of sp³-hybridized carbons (Fsp3) is 0.273. The van der Waals surface area contributed by atoms with Gasteiger partial charge in [0.05, 0.1) is 4.88 Å². The van der Waals surface area contributed by atoms with E-state index >= 15 is 0 Å². The van der Waals surface area contributed by atoms with Crippen LogP contribution in [0.15, 0.2) is 54.6 Å². The van der Waals surface area contributed by atoms with Gasteiger partial charge in [-0.1, -0.05) is 18.2 Å². The van der Waals surface area contributed by atoms with E-state index in [1.54, 1.807) is 24.3 Å². The van der Waals surface area contributed by atoms with Crippen molar-refractivity contribution in [1.82, 2.24) is 9.80 Å². The lowest BCUT2D eigenvalue weighted by atomic mass is 10.2. The molecule has 1 saturated heterocycles. The Morgan fingerprint density at radius 1 is 1.11 bits per heavy atom. The summed E-state index contributed by atoms with van der Waals surface area (Å²) >= 11 is 1.48. The van der Waals surface area contributed by atoms with Gasteiger partial charge in [0.15, 0.2) is 0 Å². The van der Waals surface area contributed by atoms with Gasteiger partial charge >= 0.3 is 0 Å². The summed E-state index contributed by atoms with van der Waals surface area (Å²) in [5, 5.41) is 3.99. The number of benzene rings is 2. The molecule has 28 heavy (non-hydrogen) atoms. The van der Waals surface area contributed by atoms with Crippen LogP contribution < -0.4 is 5.32 Å². The maximum absolute atomic E-state index is 12.7. The molecule has 0 saturated carbocycles. The van der Waals surface area contributed by atoms with Gasteiger partial charge in [-0.2, -0.15) is 0 Å². The Bertz CT molecular complexity index is 977. The van der Waals surface area contributed by atoms with Crippen LogP contribution in [-0.4, -0.2) is 54.8 Å². The number of carbonyl (C=O) groups excluding carboxylic acids is 2. The molecule has 0 radical (unpaired) electrons. The number of amides is 2. The van der Waals surface area contributed by atoms with Crippen molar-refractivity contribution in [2.45, 2.75) is 12.5 Å². The first-order chi connectivity index (χ1) is 13.5. The standard InChI is InChI=1S/C22H23N3O2S/c1-24(2)18-11-12-25(14-18)22(27)15-7-9-17(10-8-15)23-21(26)20-13-16-5-3-4-6-19(16)28-20/h3-10,13,18H,11-12,14H2,1-2H3,(H,23,26). The molecular weight excluding hydrogens is 370 g/mol. The van der Waals surface area contributed by atoms with E-state index in [-0.39, 0.29) is 11.8 Å². The van der Waals surface area contributed by atoms with Gasteiger partial charge in [0.2, 0.25) is 0 Å². The first-order valence-electron chi connectivity index (χ1n) is 9.37. The van der Waals surface area contributed by atoms with Crippen molar-refractivity contribution in [2.24, 2.45) is 0 Å². The summed E-state index contributed by atoms with van der Waals surface area (Å²) in [5.74, 6) is -0.0830. The third-order valence-electron chi connectivity index (χ3n) is 5.22. The molecule has 1 atom stereocenters. The van der Waals surface area contributed by atoms with Crippen molar-refractivity contribution in [1.29, 1.82) is 0 Å². The molecule has 1 N–H and O–H groups in total. The molecule has 0 aliphatic carbocycles. The summed E-state index contributed by atoms with van der Waals surface area (Å²) in [6, 6.07) is 17.4. The third kappa shape index (κ3) is 3.79. The Morgan fingerprint density at radius 2 is 1.86 bits per heavy atom. The lowest BCUT2D eigenvalue weighted by molar-refractivity contribution is 0.0783. The van der Waals surface area contributed by atoms with Gasteiger partial charge < -0.3 is 15.1 Å². The van der Waals surface area contributed by atoms with Crippen molar-refractivity contribution in [2.75, 3.05) is 32.5 Å². The lowest BCUT2D eigenvalue weighted by Gasteiger charge is -2.20. The molecule has 2 aromatic carbocycles. The molecule has 1 unspecified atom stereocenters. The molecule has 2 heterocycles. The van der Waals surface area contributed by atoms with Crippen molar-refractivity contribution in [3.05, 3.63) is 65.0 Å². The van der Waals surface area contributed by atoms with E-state index in [4.69, 9.17) is 0 Å². The van der Waals surface area contributed by atoms with Crippen LogP contribution in [0.3, 0.4) is 0 Å². The maximum Gasteiger partial charge on any atom is 0.265 e. The molecule has 1 aliphatic heterocycles. The minimum absolute atomic E-state index is 0.0479. The zero-order valence-corrected chi connectivity index (χ0v) is 16.8. The number of hydrogen-bond acceptors (Lipinski definition) is 4. The number of likely N-dealkylation sites (N-methyl/N-ethyl adjacent to an activating group) is 1. The molecule has 1 aliphatic rings. The second kappa shape index (κ2) is 7.73. The second-order valence-corrected chi connectivity index (χ2v) is 8.42. The van der Waals surface area contributed by atoms with Gasteiger partial charge in [0.1, 0.15) is 0 Å². The van der Waals surface area contributed by atoms with Crippen LogP contribution in [0.5, 0.6) is 0 Å².